The maximum absolute atomic E-state index is 4.74. The zero-order valence-corrected chi connectivity index (χ0v) is 19.1. The van der Waals surface area contributed by atoms with Crippen LogP contribution in [0.25, 0.3) is 0 Å². The molecule has 144 valence electrons. The maximum Gasteiger partial charge on any atom is 0.0987 e. The van der Waals surface area contributed by atoms with Crippen molar-refractivity contribution in [3.05, 3.63) is 44.4 Å². The number of hydrogen-bond donors (Lipinski definition) is 0. The topological polar surface area (TPSA) is 25.8 Å². The largest absolute Gasteiger partial charge is 0.249 e. The van der Waals surface area contributed by atoms with E-state index in [-0.39, 0.29) is 5.41 Å². The smallest absolute Gasteiger partial charge is 0.0987 e. The first-order chi connectivity index (χ1) is 12.2. The molecule has 0 saturated carbocycles. The molecule has 2 aromatic rings. The van der Waals surface area contributed by atoms with Crippen molar-refractivity contribution in [2.75, 3.05) is 0 Å². The van der Waals surface area contributed by atoms with Crippen molar-refractivity contribution >= 4 is 22.9 Å². The number of nitrogens with zero attached hydrogens (tertiary/aromatic N) is 2. The highest BCUT2D eigenvalue weighted by atomic mass is 32.1. The van der Waals surface area contributed by atoms with Gasteiger partial charge in [0.05, 0.1) is 10.7 Å². The van der Waals surface area contributed by atoms with Crippen molar-refractivity contribution in [1.29, 1.82) is 0 Å². The monoisotopic (exact) mass is 390 g/mol. The van der Waals surface area contributed by atoms with Gasteiger partial charge in [-0.05, 0) is 55.6 Å². The summed E-state index contributed by atoms with van der Waals surface area (Å²) >= 11 is 3.54. The Morgan fingerprint density at radius 3 is 2.54 bits per heavy atom. The van der Waals surface area contributed by atoms with Crippen molar-refractivity contribution in [3.8, 4) is 0 Å². The second kappa shape index (κ2) is 9.27. The minimum atomic E-state index is 0.0954. The zero-order valence-electron chi connectivity index (χ0n) is 17.4. The minimum Gasteiger partial charge on any atom is -0.249 e. The van der Waals surface area contributed by atoms with Gasteiger partial charge in [-0.1, -0.05) is 53.2 Å². The van der Waals surface area contributed by atoms with Crippen LogP contribution >= 0.6 is 22.9 Å². The lowest BCUT2D eigenvalue weighted by molar-refractivity contribution is 0.515. The van der Waals surface area contributed by atoms with E-state index in [0.717, 1.165) is 25.2 Å². The highest BCUT2D eigenvalue weighted by molar-refractivity contribution is 7.11. The van der Waals surface area contributed by atoms with Gasteiger partial charge >= 0.3 is 0 Å². The zero-order chi connectivity index (χ0) is 19.3. The number of hydrogen-bond acceptors (Lipinski definition) is 4. The highest BCUT2D eigenvalue weighted by Crippen LogP contribution is 2.34. The Hall–Kier alpha value is -1.00. The number of aryl methyl sites for hydroxylation is 1. The third kappa shape index (κ3) is 6.31. The molecule has 0 spiro atoms. The molecule has 0 fully saturated rings. The maximum atomic E-state index is 4.74. The molecule has 4 heteroatoms. The average Bonchev–Trinajstić information content (AvgIpc) is 3.20. The summed E-state index contributed by atoms with van der Waals surface area (Å²) < 4.78 is 4.55. The van der Waals surface area contributed by atoms with Crippen LogP contribution in [-0.4, -0.2) is 9.36 Å². The predicted octanol–water partition coefficient (Wildman–Crippen LogP) is 7.17. The summed E-state index contributed by atoms with van der Waals surface area (Å²) in [7, 11) is 0. The first-order valence-corrected chi connectivity index (χ1v) is 11.3. The first-order valence-electron chi connectivity index (χ1n) is 9.73. The third-order valence-corrected chi connectivity index (χ3v) is 6.89. The molecule has 0 N–H and O–H groups in total. The van der Waals surface area contributed by atoms with Crippen LogP contribution in [0.5, 0.6) is 0 Å². The number of aromatic nitrogens is 2. The van der Waals surface area contributed by atoms with Gasteiger partial charge in [0.15, 0.2) is 0 Å². The Kier molecular flexibility index (Phi) is 7.60. The van der Waals surface area contributed by atoms with Gasteiger partial charge in [0.25, 0.3) is 0 Å². The molecule has 0 atom stereocenters. The van der Waals surface area contributed by atoms with E-state index >= 15 is 0 Å². The van der Waals surface area contributed by atoms with Crippen LogP contribution in [0.1, 0.15) is 87.7 Å². The summed E-state index contributed by atoms with van der Waals surface area (Å²) in [5.41, 5.74) is 2.75. The molecule has 0 aromatic carbocycles. The SMILES string of the molecule is C/C(=C\Cc1cc(C(C)C)ns1)CC(C)(C)c1ncc(CCC(C)C)s1. The van der Waals surface area contributed by atoms with Crippen LogP contribution in [0.3, 0.4) is 0 Å². The van der Waals surface area contributed by atoms with E-state index < -0.39 is 0 Å². The molecular weight excluding hydrogens is 356 g/mol. The summed E-state index contributed by atoms with van der Waals surface area (Å²) in [5, 5.41) is 1.27. The molecule has 0 amide bonds. The quantitative estimate of drug-likeness (QED) is 0.424. The van der Waals surface area contributed by atoms with Gasteiger partial charge in [0.2, 0.25) is 0 Å². The van der Waals surface area contributed by atoms with E-state index in [0.29, 0.717) is 5.92 Å². The Bertz CT molecular complexity index is 720. The van der Waals surface area contributed by atoms with Gasteiger partial charge in [-0.2, -0.15) is 4.37 Å². The lowest BCUT2D eigenvalue weighted by Gasteiger charge is -2.22. The summed E-state index contributed by atoms with van der Waals surface area (Å²) in [6.45, 7) is 15.9. The molecule has 2 aromatic heterocycles. The number of rotatable bonds is 9. The molecule has 0 bridgehead atoms. The van der Waals surface area contributed by atoms with E-state index in [4.69, 9.17) is 4.98 Å². The Morgan fingerprint density at radius 1 is 1.19 bits per heavy atom. The molecule has 0 aliphatic carbocycles. The van der Waals surface area contributed by atoms with Crippen molar-refractivity contribution in [2.45, 2.75) is 85.5 Å². The molecule has 0 saturated heterocycles. The van der Waals surface area contributed by atoms with Crippen LogP contribution < -0.4 is 0 Å². The van der Waals surface area contributed by atoms with E-state index in [1.54, 1.807) is 11.5 Å². The van der Waals surface area contributed by atoms with E-state index in [2.05, 4.69) is 71.2 Å². The van der Waals surface area contributed by atoms with Gasteiger partial charge in [0, 0.05) is 27.8 Å². The molecule has 0 aliphatic heterocycles. The van der Waals surface area contributed by atoms with Crippen LogP contribution in [0.2, 0.25) is 0 Å². The summed E-state index contributed by atoms with van der Waals surface area (Å²) in [6, 6.07) is 2.26. The van der Waals surface area contributed by atoms with Gasteiger partial charge in [-0.15, -0.1) is 11.3 Å². The van der Waals surface area contributed by atoms with Crippen LogP contribution in [0.15, 0.2) is 23.9 Å². The lowest BCUT2D eigenvalue weighted by atomic mass is 9.86. The molecule has 26 heavy (non-hydrogen) atoms. The summed E-state index contributed by atoms with van der Waals surface area (Å²) in [6.07, 6.45) is 8.91. The van der Waals surface area contributed by atoms with Gasteiger partial charge in [-0.25, -0.2) is 4.98 Å². The van der Waals surface area contributed by atoms with Crippen molar-refractivity contribution in [3.63, 3.8) is 0 Å². The van der Waals surface area contributed by atoms with Gasteiger partial charge in [-0.3, -0.25) is 0 Å². The third-order valence-electron chi connectivity index (χ3n) is 4.64. The number of thiazole rings is 1. The second-order valence-corrected chi connectivity index (χ2v) is 10.8. The fourth-order valence-corrected chi connectivity index (χ4v) is 4.83. The predicted molar refractivity (Wildman–Crippen MR) is 117 cm³/mol. The van der Waals surface area contributed by atoms with Crippen LogP contribution in [0.4, 0.5) is 0 Å². The van der Waals surface area contributed by atoms with Crippen LogP contribution in [0, 0.1) is 5.92 Å². The number of allylic oxidation sites excluding steroid dienone is 2. The van der Waals surface area contributed by atoms with E-state index in [1.807, 2.05) is 11.3 Å². The molecule has 0 aliphatic rings. The van der Waals surface area contributed by atoms with E-state index in [1.165, 1.54) is 32.4 Å². The fraction of sp³-hybridized carbons (Fsp3) is 0.636. The van der Waals surface area contributed by atoms with E-state index in [9.17, 15) is 0 Å². The molecule has 0 radical (unpaired) electrons. The lowest BCUT2D eigenvalue weighted by Crippen LogP contribution is -2.17. The van der Waals surface area contributed by atoms with Gasteiger partial charge < -0.3 is 0 Å². The average molecular weight is 391 g/mol. The van der Waals surface area contributed by atoms with Crippen molar-refractivity contribution in [2.24, 2.45) is 5.92 Å². The van der Waals surface area contributed by atoms with Crippen molar-refractivity contribution < 1.29 is 0 Å². The molecule has 2 nitrogen and oxygen atoms in total. The molecule has 0 unspecified atom stereocenters. The van der Waals surface area contributed by atoms with Crippen LogP contribution in [-0.2, 0) is 18.3 Å². The Labute approximate surface area is 167 Å². The van der Waals surface area contributed by atoms with Crippen molar-refractivity contribution in [1.82, 2.24) is 9.36 Å². The summed E-state index contributed by atoms with van der Waals surface area (Å²) in [5.74, 6) is 1.26. The molecule has 2 rings (SSSR count). The summed E-state index contributed by atoms with van der Waals surface area (Å²) in [4.78, 5) is 7.53. The highest BCUT2D eigenvalue weighted by Gasteiger charge is 2.24. The second-order valence-electron chi connectivity index (χ2n) is 8.75. The normalized spacial score (nSPS) is 13.2. The molecule has 2 heterocycles. The van der Waals surface area contributed by atoms with Gasteiger partial charge in [0.1, 0.15) is 0 Å². The Morgan fingerprint density at radius 2 is 1.92 bits per heavy atom. The minimum absolute atomic E-state index is 0.0954. The first kappa shape index (κ1) is 21.3. The Balaban J connectivity index is 1.96. The molecular formula is C22H34N2S2. The fourth-order valence-electron chi connectivity index (χ4n) is 2.98. The standard InChI is InChI=1S/C22H34N2S2/c1-15(2)8-10-19-14-23-21(25-19)22(6,7)13-17(5)9-11-18-12-20(16(3)4)24-26-18/h9,12,14-16H,8,10-11,13H2,1-7H3/b17-9+.